The van der Waals surface area contributed by atoms with Gasteiger partial charge in [0.2, 0.25) is 11.8 Å². The lowest BCUT2D eigenvalue weighted by Crippen LogP contribution is -2.59. The first kappa shape index (κ1) is 30.9. The van der Waals surface area contributed by atoms with Crippen LogP contribution in [0, 0.1) is 17.8 Å². The standard InChI is InChI=1S/C35H41N3O7/c1-5-22(3)27(21-39)38-31-34(42)37(24-10-14-25(43-4)15-11-24)20-8-18-35(31)30(33(38)41)29-28(45-35)9-7-19-36(32(29)40)23-12-16-26(17-13-23)44-6-2/h7-18,22,27-31,39H,5-6,19-21H2,1-4H3/t22-,27-,28-,29+,30-,31?,35-/m0/s1. The molecular formula is C35H41N3O7. The molecule has 0 aliphatic carbocycles. The Morgan fingerprint density at radius 3 is 2.13 bits per heavy atom. The van der Waals surface area contributed by atoms with Gasteiger partial charge in [-0.05, 0) is 61.4 Å². The average molecular weight is 616 g/mol. The average Bonchev–Trinajstić information content (AvgIpc) is 3.37. The van der Waals surface area contributed by atoms with Gasteiger partial charge in [0.25, 0.3) is 5.91 Å². The van der Waals surface area contributed by atoms with E-state index in [0.29, 0.717) is 42.4 Å². The van der Waals surface area contributed by atoms with E-state index >= 15 is 0 Å². The molecule has 4 aliphatic heterocycles. The van der Waals surface area contributed by atoms with Crippen molar-refractivity contribution in [1.29, 1.82) is 0 Å². The first-order chi connectivity index (χ1) is 21.8. The number of methoxy groups -OCH3 is 1. The summed E-state index contributed by atoms with van der Waals surface area (Å²) in [5, 5.41) is 10.6. The van der Waals surface area contributed by atoms with Gasteiger partial charge < -0.3 is 34.0 Å². The molecule has 4 heterocycles. The number of aliphatic hydroxyl groups is 1. The summed E-state index contributed by atoms with van der Waals surface area (Å²) >= 11 is 0. The third kappa shape index (κ3) is 5.00. The van der Waals surface area contributed by atoms with Gasteiger partial charge in [0.05, 0.1) is 44.3 Å². The topological polar surface area (TPSA) is 109 Å². The monoisotopic (exact) mass is 615 g/mol. The number of nitrogens with zero attached hydrogens (tertiary/aromatic N) is 3. The molecule has 1 unspecified atom stereocenters. The molecule has 2 fully saturated rings. The molecule has 238 valence electrons. The molecule has 1 spiro atoms. The predicted octanol–water partition coefficient (Wildman–Crippen LogP) is 3.59. The Labute approximate surface area is 263 Å². The van der Waals surface area contributed by atoms with E-state index < -0.39 is 35.6 Å². The van der Waals surface area contributed by atoms with Crippen molar-refractivity contribution < 1.29 is 33.7 Å². The van der Waals surface area contributed by atoms with E-state index in [0.717, 1.165) is 0 Å². The molecule has 7 atom stereocenters. The fourth-order valence-electron chi connectivity index (χ4n) is 7.36. The van der Waals surface area contributed by atoms with Gasteiger partial charge in [-0.25, -0.2) is 0 Å². The molecular weight excluding hydrogens is 574 g/mol. The highest BCUT2D eigenvalue weighted by Gasteiger charge is 2.72. The lowest BCUT2D eigenvalue weighted by Gasteiger charge is -2.40. The van der Waals surface area contributed by atoms with Gasteiger partial charge in [0.1, 0.15) is 23.1 Å². The molecule has 0 bridgehead atoms. The van der Waals surface area contributed by atoms with E-state index in [-0.39, 0.29) is 36.8 Å². The Balaban J connectivity index is 1.43. The number of fused-ring (bicyclic) bond motifs is 2. The zero-order valence-corrected chi connectivity index (χ0v) is 26.2. The van der Waals surface area contributed by atoms with Gasteiger partial charge in [-0.3, -0.25) is 14.4 Å². The first-order valence-electron chi connectivity index (χ1n) is 15.7. The third-order valence-corrected chi connectivity index (χ3v) is 9.79. The highest BCUT2D eigenvalue weighted by Crippen LogP contribution is 2.54. The molecule has 2 saturated heterocycles. The smallest absolute Gasteiger partial charge is 0.253 e. The molecule has 2 aromatic carbocycles. The number of hydrogen-bond donors (Lipinski definition) is 1. The molecule has 2 aromatic rings. The lowest BCUT2D eigenvalue weighted by molar-refractivity contribution is -0.145. The number of likely N-dealkylation sites (tertiary alicyclic amines) is 1. The van der Waals surface area contributed by atoms with Crippen LogP contribution in [-0.4, -0.2) is 84.9 Å². The summed E-state index contributed by atoms with van der Waals surface area (Å²) in [6.45, 7) is 6.65. The molecule has 1 N–H and O–H groups in total. The number of anilines is 2. The van der Waals surface area contributed by atoms with E-state index in [9.17, 15) is 19.5 Å². The normalized spacial score (nSPS) is 28.7. The van der Waals surface area contributed by atoms with Crippen LogP contribution < -0.4 is 19.3 Å². The predicted molar refractivity (Wildman–Crippen MR) is 169 cm³/mol. The van der Waals surface area contributed by atoms with Gasteiger partial charge in [0, 0.05) is 24.5 Å². The van der Waals surface area contributed by atoms with Crippen LogP contribution in [0.15, 0.2) is 72.8 Å². The Bertz CT molecular complexity index is 1490. The maximum Gasteiger partial charge on any atom is 0.253 e. The minimum atomic E-state index is -1.40. The van der Waals surface area contributed by atoms with Crippen molar-refractivity contribution in [2.45, 2.75) is 51.0 Å². The van der Waals surface area contributed by atoms with Crippen LogP contribution in [0.25, 0.3) is 0 Å². The molecule has 10 nitrogen and oxygen atoms in total. The second-order valence-corrected chi connectivity index (χ2v) is 12.1. The van der Waals surface area contributed by atoms with Crippen molar-refractivity contribution >= 4 is 29.1 Å². The number of benzene rings is 2. The van der Waals surface area contributed by atoms with Gasteiger partial charge in [-0.1, -0.05) is 44.6 Å². The van der Waals surface area contributed by atoms with E-state index in [2.05, 4.69) is 0 Å². The molecule has 10 heteroatoms. The highest BCUT2D eigenvalue weighted by atomic mass is 16.5. The quantitative estimate of drug-likeness (QED) is 0.430. The molecule has 0 aromatic heterocycles. The van der Waals surface area contributed by atoms with Crippen molar-refractivity contribution in [2.75, 3.05) is 43.2 Å². The fourth-order valence-corrected chi connectivity index (χ4v) is 7.36. The van der Waals surface area contributed by atoms with Crippen molar-refractivity contribution in [1.82, 2.24) is 4.90 Å². The first-order valence-corrected chi connectivity index (χ1v) is 15.7. The van der Waals surface area contributed by atoms with Crippen LogP contribution in [0.1, 0.15) is 27.2 Å². The van der Waals surface area contributed by atoms with Crippen molar-refractivity contribution in [3.8, 4) is 11.5 Å². The number of ether oxygens (including phenoxy) is 3. The van der Waals surface area contributed by atoms with Crippen LogP contribution in [0.2, 0.25) is 0 Å². The molecule has 3 amide bonds. The van der Waals surface area contributed by atoms with Gasteiger partial charge in [-0.2, -0.15) is 0 Å². The van der Waals surface area contributed by atoms with Crippen molar-refractivity contribution in [3.63, 3.8) is 0 Å². The molecule has 6 rings (SSSR count). The largest absolute Gasteiger partial charge is 0.497 e. The second kappa shape index (κ2) is 12.3. The van der Waals surface area contributed by atoms with Crippen LogP contribution in [0.4, 0.5) is 11.4 Å². The highest BCUT2D eigenvalue weighted by molar-refractivity contribution is 6.07. The summed E-state index contributed by atoms with van der Waals surface area (Å²) in [5.74, 6) is -1.48. The van der Waals surface area contributed by atoms with Crippen molar-refractivity contribution in [2.24, 2.45) is 17.8 Å². The Hall–Kier alpha value is -4.15. The fraction of sp³-hybridized carbons (Fsp3) is 0.457. The maximum absolute atomic E-state index is 14.7. The van der Waals surface area contributed by atoms with E-state index in [1.807, 2.05) is 69.3 Å². The summed E-state index contributed by atoms with van der Waals surface area (Å²) in [7, 11) is 1.58. The van der Waals surface area contributed by atoms with E-state index in [1.165, 1.54) is 4.90 Å². The Morgan fingerprint density at radius 2 is 1.53 bits per heavy atom. The van der Waals surface area contributed by atoms with Crippen molar-refractivity contribution in [3.05, 3.63) is 72.8 Å². The summed E-state index contributed by atoms with van der Waals surface area (Å²) < 4.78 is 17.7. The van der Waals surface area contributed by atoms with Crippen LogP contribution in [0.3, 0.4) is 0 Å². The van der Waals surface area contributed by atoms with Crippen LogP contribution in [-0.2, 0) is 19.1 Å². The lowest BCUT2D eigenvalue weighted by atomic mass is 9.77. The number of aliphatic hydroxyl groups excluding tert-OH is 1. The summed E-state index contributed by atoms with van der Waals surface area (Å²) in [6, 6.07) is 12.8. The number of rotatable bonds is 9. The van der Waals surface area contributed by atoms with Gasteiger partial charge >= 0.3 is 0 Å². The maximum atomic E-state index is 14.7. The Morgan fingerprint density at radius 1 is 0.911 bits per heavy atom. The number of carbonyl (C=O) groups excluding carboxylic acids is 3. The zero-order valence-electron chi connectivity index (χ0n) is 26.2. The van der Waals surface area contributed by atoms with Gasteiger partial charge in [-0.15, -0.1) is 0 Å². The zero-order chi connectivity index (χ0) is 31.9. The van der Waals surface area contributed by atoms with Crippen LogP contribution in [0.5, 0.6) is 11.5 Å². The second-order valence-electron chi connectivity index (χ2n) is 12.1. The third-order valence-electron chi connectivity index (χ3n) is 9.79. The number of hydrogen-bond acceptors (Lipinski definition) is 7. The molecule has 0 saturated carbocycles. The number of carbonyl (C=O) groups is 3. The van der Waals surface area contributed by atoms with Gasteiger partial charge in [0.15, 0.2) is 0 Å². The molecule has 45 heavy (non-hydrogen) atoms. The minimum absolute atomic E-state index is 0.106. The summed E-state index contributed by atoms with van der Waals surface area (Å²) in [5.41, 5.74) is -0.0696. The van der Waals surface area contributed by atoms with E-state index in [4.69, 9.17) is 14.2 Å². The summed E-state index contributed by atoms with van der Waals surface area (Å²) in [4.78, 5) is 48.7. The Kier molecular flexibility index (Phi) is 8.45. The molecule has 0 radical (unpaired) electrons. The SMILES string of the molecule is CCOc1ccc(N2CC=C[C@@H]3O[C@]45C=CCN(c6ccc(OC)cc6)C(=O)C4N([C@@H](CO)[C@@H](C)CC)C(=O)[C@@H]5[C@@H]3C2=O)cc1. The number of amides is 3. The van der Waals surface area contributed by atoms with E-state index in [1.54, 1.807) is 41.2 Å². The molecule has 4 aliphatic rings. The summed E-state index contributed by atoms with van der Waals surface area (Å²) in [6.07, 6.45) is 7.39. The minimum Gasteiger partial charge on any atom is -0.497 e. The van der Waals surface area contributed by atoms with Crippen LogP contribution >= 0.6 is 0 Å².